The largest absolute Gasteiger partial charge is 0.447 e. The van der Waals surface area contributed by atoms with Gasteiger partial charge in [-0.1, -0.05) is 60.7 Å². The molecule has 3 rings (SSSR count). The van der Waals surface area contributed by atoms with E-state index in [0.29, 0.717) is 13.2 Å². The van der Waals surface area contributed by atoms with Crippen LogP contribution in [0.2, 0.25) is 0 Å². The van der Waals surface area contributed by atoms with Gasteiger partial charge in [0.25, 0.3) is 5.91 Å². The van der Waals surface area contributed by atoms with E-state index in [2.05, 4.69) is 17.2 Å². The van der Waals surface area contributed by atoms with Crippen molar-refractivity contribution in [3.05, 3.63) is 83.9 Å². The lowest BCUT2D eigenvalue weighted by Gasteiger charge is -2.33. The summed E-state index contributed by atoms with van der Waals surface area (Å²) >= 11 is 1.46. The second-order valence-electron chi connectivity index (χ2n) is 10.1. The summed E-state index contributed by atoms with van der Waals surface area (Å²) < 4.78 is 9.81. The first-order valence-electron chi connectivity index (χ1n) is 13.2. The lowest BCUT2D eigenvalue weighted by molar-refractivity contribution is -0.147. The van der Waals surface area contributed by atoms with Crippen LogP contribution in [0.5, 0.6) is 0 Å². The van der Waals surface area contributed by atoms with Crippen LogP contribution in [0.1, 0.15) is 30.5 Å². The molecule has 2 aromatic carbocycles. The number of hydrogen-bond acceptors (Lipinski definition) is 7. The number of aryl methyl sites for hydroxylation is 1. The Balaban J connectivity index is 1.72. The summed E-state index contributed by atoms with van der Waals surface area (Å²) in [5, 5.41) is 16.9. The average Bonchev–Trinajstić information content (AvgIpc) is 3.26. The number of amides is 3. The SMILES string of the molecule is C=CCOCCOC(=O)N[C@@H](Cc1ccccc1)[C@H](O)C(=O)N1CSC(C)(C)[C@H]1C(=O)NCc1ccccc1C. The fourth-order valence-corrected chi connectivity index (χ4v) is 5.65. The maximum atomic E-state index is 13.7. The molecule has 3 N–H and O–H groups in total. The van der Waals surface area contributed by atoms with E-state index in [1.807, 2.05) is 75.4 Å². The van der Waals surface area contributed by atoms with Crippen LogP contribution < -0.4 is 10.6 Å². The van der Waals surface area contributed by atoms with Gasteiger partial charge in [0.1, 0.15) is 12.6 Å². The van der Waals surface area contributed by atoms with Gasteiger partial charge in [0.2, 0.25) is 5.91 Å². The number of aliphatic hydroxyl groups excluding tert-OH is 1. The third-order valence-corrected chi connectivity index (χ3v) is 8.10. The van der Waals surface area contributed by atoms with E-state index in [0.717, 1.165) is 16.7 Å². The average molecular weight is 570 g/mol. The summed E-state index contributed by atoms with van der Waals surface area (Å²) in [4.78, 5) is 41.0. The molecule has 9 nitrogen and oxygen atoms in total. The summed E-state index contributed by atoms with van der Waals surface area (Å²) in [5.41, 5.74) is 2.86. The van der Waals surface area contributed by atoms with Crippen molar-refractivity contribution in [3.63, 3.8) is 0 Å². The Morgan fingerprint density at radius 3 is 2.55 bits per heavy atom. The molecule has 3 atom stereocenters. The predicted molar refractivity (Wildman–Crippen MR) is 156 cm³/mol. The Hall–Kier alpha value is -3.34. The first kappa shape index (κ1) is 31.2. The number of ether oxygens (including phenoxy) is 2. The molecule has 40 heavy (non-hydrogen) atoms. The summed E-state index contributed by atoms with van der Waals surface area (Å²) in [5.74, 6) is -0.705. The van der Waals surface area contributed by atoms with Crippen molar-refractivity contribution in [1.29, 1.82) is 0 Å². The van der Waals surface area contributed by atoms with Crippen molar-refractivity contribution in [2.75, 3.05) is 25.7 Å². The summed E-state index contributed by atoms with van der Waals surface area (Å²) in [7, 11) is 0. The number of aliphatic hydroxyl groups is 1. The third kappa shape index (κ3) is 8.58. The number of carbonyl (C=O) groups excluding carboxylic acids is 3. The second kappa shape index (κ2) is 14.9. The monoisotopic (exact) mass is 569 g/mol. The Morgan fingerprint density at radius 2 is 1.85 bits per heavy atom. The maximum Gasteiger partial charge on any atom is 0.407 e. The van der Waals surface area contributed by atoms with Gasteiger partial charge in [0.05, 0.1) is 25.1 Å². The van der Waals surface area contributed by atoms with Gasteiger partial charge < -0.3 is 30.1 Å². The fourth-order valence-electron chi connectivity index (χ4n) is 4.50. The van der Waals surface area contributed by atoms with Crippen molar-refractivity contribution in [1.82, 2.24) is 15.5 Å². The molecular formula is C30H39N3O6S. The van der Waals surface area contributed by atoms with Gasteiger partial charge in [0, 0.05) is 11.3 Å². The summed E-state index contributed by atoms with van der Waals surface area (Å²) in [6.45, 7) is 10.2. The van der Waals surface area contributed by atoms with Crippen LogP contribution >= 0.6 is 11.8 Å². The fraction of sp³-hybridized carbons (Fsp3) is 0.433. The highest BCUT2D eigenvalue weighted by atomic mass is 32.2. The Kier molecular flexibility index (Phi) is 11.6. The highest BCUT2D eigenvalue weighted by Crippen LogP contribution is 2.40. The Bertz CT molecular complexity index is 1160. The molecule has 1 heterocycles. The lowest BCUT2D eigenvalue weighted by Crippen LogP contribution is -2.58. The predicted octanol–water partition coefficient (Wildman–Crippen LogP) is 3.19. The second-order valence-corrected chi connectivity index (χ2v) is 11.7. The number of alkyl carbamates (subject to hydrolysis) is 1. The molecule has 0 bridgehead atoms. The van der Waals surface area contributed by atoms with Crippen molar-refractivity contribution in [2.24, 2.45) is 0 Å². The molecule has 0 aromatic heterocycles. The van der Waals surface area contributed by atoms with E-state index in [-0.39, 0.29) is 31.4 Å². The van der Waals surface area contributed by atoms with E-state index < -0.39 is 34.9 Å². The zero-order valence-electron chi connectivity index (χ0n) is 23.3. The van der Waals surface area contributed by atoms with Crippen LogP contribution in [0, 0.1) is 6.92 Å². The third-order valence-electron chi connectivity index (χ3n) is 6.72. The van der Waals surface area contributed by atoms with Crippen LogP contribution in [0.4, 0.5) is 4.79 Å². The topological polar surface area (TPSA) is 117 Å². The van der Waals surface area contributed by atoms with Crippen LogP contribution in [-0.4, -0.2) is 76.5 Å². The first-order valence-corrected chi connectivity index (χ1v) is 14.2. The summed E-state index contributed by atoms with van der Waals surface area (Å²) in [6, 6.07) is 15.2. The zero-order valence-corrected chi connectivity index (χ0v) is 24.1. The summed E-state index contributed by atoms with van der Waals surface area (Å²) in [6.07, 6.45) is -0.610. The molecule has 3 amide bonds. The molecule has 0 radical (unpaired) electrons. The number of nitrogens with one attached hydrogen (secondary N) is 2. The Labute approximate surface area is 240 Å². The number of rotatable bonds is 13. The molecule has 0 unspecified atom stereocenters. The first-order chi connectivity index (χ1) is 19.1. The van der Waals surface area contributed by atoms with Gasteiger partial charge >= 0.3 is 6.09 Å². The molecule has 2 aromatic rings. The number of benzene rings is 2. The minimum absolute atomic E-state index is 0.00185. The van der Waals surface area contributed by atoms with E-state index in [1.54, 1.807) is 6.08 Å². The molecule has 0 spiro atoms. The standard InChI is InChI=1S/C30H39N3O6S/c1-5-15-38-16-17-39-29(37)32-24(18-22-12-7-6-8-13-22)25(34)28(36)33-20-40-30(3,4)26(33)27(35)31-19-23-14-10-9-11-21(23)2/h5-14,24-26,34H,1,15-20H2,2-4H3,(H,31,35)(H,32,37)/t24-,25-,26+/m0/s1. The van der Waals surface area contributed by atoms with E-state index in [9.17, 15) is 19.5 Å². The minimum atomic E-state index is -1.61. The van der Waals surface area contributed by atoms with Crippen molar-refractivity contribution < 1.29 is 29.0 Å². The number of thioether (sulfide) groups is 1. The quantitative estimate of drug-likeness (QED) is 0.251. The van der Waals surface area contributed by atoms with Crippen LogP contribution in [0.3, 0.4) is 0 Å². The highest BCUT2D eigenvalue weighted by Gasteiger charge is 2.49. The molecule has 0 saturated carbocycles. The van der Waals surface area contributed by atoms with Gasteiger partial charge in [-0.15, -0.1) is 18.3 Å². The van der Waals surface area contributed by atoms with Crippen LogP contribution in [0.25, 0.3) is 0 Å². The molecule has 1 aliphatic rings. The molecular weight excluding hydrogens is 530 g/mol. The smallest absolute Gasteiger partial charge is 0.407 e. The van der Waals surface area contributed by atoms with Gasteiger partial charge in [-0.25, -0.2) is 4.79 Å². The highest BCUT2D eigenvalue weighted by molar-refractivity contribution is 8.00. The van der Waals surface area contributed by atoms with Crippen molar-refractivity contribution >= 4 is 29.7 Å². The normalized spacial score (nSPS) is 17.5. The van der Waals surface area contributed by atoms with E-state index in [1.165, 1.54) is 16.7 Å². The molecule has 1 saturated heterocycles. The van der Waals surface area contributed by atoms with Crippen molar-refractivity contribution in [2.45, 2.75) is 56.7 Å². The lowest BCUT2D eigenvalue weighted by atomic mass is 9.97. The molecule has 216 valence electrons. The number of nitrogens with zero attached hydrogens (tertiary/aromatic N) is 1. The van der Waals surface area contributed by atoms with E-state index >= 15 is 0 Å². The minimum Gasteiger partial charge on any atom is -0.447 e. The number of carbonyl (C=O) groups is 3. The van der Waals surface area contributed by atoms with Crippen LogP contribution in [0.15, 0.2) is 67.3 Å². The maximum absolute atomic E-state index is 13.7. The van der Waals surface area contributed by atoms with Gasteiger partial charge in [-0.05, 0) is 43.9 Å². The zero-order chi connectivity index (χ0) is 29.1. The van der Waals surface area contributed by atoms with Gasteiger partial charge in [-0.2, -0.15) is 0 Å². The molecule has 0 aliphatic carbocycles. The molecule has 10 heteroatoms. The van der Waals surface area contributed by atoms with Crippen molar-refractivity contribution in [3.8, 4) is 0 Å². The number of hydrogen-bond donors (Lipinski definition) is 3. The van der Waals surface area contributed by atoms with Gasteiger partial charge in [0.15, 0.2) is 6.10 Å². The van der Waals surface area contributed by atoms with Gasteiger partial charge in [-0.3, -0.25) is 9.59 Å². The Morgan fingerprint density at radius 1 is 1.15 bits per heavy atom. The van der Waals surface area contributed by atoms with E-state index in [4.69, 9.17) is 9.47 Å². The molecule has 1 fully saturated rings. The van der Waals surface area contributed by atoms with Crippen LogP contribution in [-0.2, 0) is 32.0 Å². The molecule has 1 aliphatic heterocycles.